The van der Waals surface area contributed by atoms with Gasteiger partial charge in [0.2, 0.25) is 18.6 Å². The van der Waals surface area contributed by atoms with E-state index in [0.29, 0.717) is 35.0 Å². The van der Waals surface area contributed by atoms with E-state index in [4.69, 9.17) is 9.47 Å². The van der Waals surface area contributed by atoms with Crippen LogP contribution >= 0.6 is 0 Å². The van der Waals surface area contributed by atoms with Gasteiger partial charge >= 0.3 is 0 Å². The molecule has 3 amide bonds. The van der Waals surface area contributed by atoms with E-state index in [1.54, 1.807) is 42.5 Å². The number of hydrogen-bond acceptors (Lipinski definition) is 6. The molecular formula is C27H34N4O5. The molecule has 2 heterocycles. The zero-order valence-electron chi connectivity index (χ0n) is 20.8. The number of nitrogens with one attached hydrogen (secondary N) is 3. The average molecular weight is 495 g/mol. The van der Waals surface area contributed by atoms with Crippen molar-refractivity contribution in [2.45, 2.75) is 45.6 Å². The van der Waals surface area contributed by atoms with Crippen LogP contribution in [0.1, 0.15) is 49.9 Å². The number of ether oxygens (including phenoxy) is 2. The van der Waals surface area contributed by atoms with Crippen LogP contribution in [-0.4, -0.2) is 55.1 Å². The van der Waals surface area contributed by atoms with Crippen molar-refractivity contribution in [2.75, 3.05) is 37.1 Å². The van der Waals surface area contributed by atoms with Crippen molar-refractivity contribution < 1.29 is 23.9 Å². The SMILES string of the molecule is CCCC(C)NC(=O)C1CCCN(CC(=O)Nc2ccccc2C(=O)Nc2ccc3c(c2)OCO3)C1. The number of amides is 3. The van der Waals surface area contributed by atoms with E-state index in [1.165, 1.54) is 0 Å². The monoisotopic (exact) mass is 494 g/mol. The second kappa shape index (κ2) is 11.9. The lowest BCUT2D eigenvalue weighted by atomic mass is 9.96. The molecule has 2 unspecified atom stereocenters. The molecule has 9 heteroatoms. The minimum atomic E-state index is -0.347. The van der Waals surface area contributed by atoms with E-state index in [0.717, 1.165) is 32.2 Å². The predicted octanol–water partition coefficient (Wildman–Crippen LogP) is 3.62. The van der Waals surface area contributed by atoms with Gasteiger partial charge in [0.25, 0.3) is 5.91 Å². The van der Waals surface area contributed by atoms with E-state index in [-0.39, 0.29) is 43.0 Å². The van der Waals surface area contributed by atoms with Gasteiger partial charge in [0.15, 0.2) is 11.5 Å². The largest absolute Gasteiger partial charge is 0.454 e. The van der Waals surface area contributed by atoms with E-state index < -0.39 is 0 Å². The van der Waals surface area contributed by atoms with Crippen LogP contribution in [0.25, 0.3) is 0 Å². The number of hydrogen-bond donors (Lipinski definition) is 3. The van der Waals surface area contributed by atoms with Gasteiger partial charge in [0, 0.05) is 24.3 Å². The number of nitrogens with zero attached hydrogens (tertiary/aromatic N) is 1. The van der Waals surface area contributed by atoms with Crippen molar-refractivity contribution in [1.29, 1.82) is 0 Å². The number of benzene rings is 2. The van der Waals surface area contributed by atoms with Crippen LogP contribution in [0, 0.1) is 5.92 Å². The Hall–Kier alpha value is -3.59. The van der Waals surface area contributed by atoms with Crippen LogP contribution < -0.4 is 25.4 Å². The van der Waals surface area contributed by atoms with Gasteiger partial charge < -0.3 is 25.4 Å². The number of piperidine rings is 1. The fourth-order valence-electron chi connectivity index (χ4n) is 4.63. The van der Waals surface area contributed by atoms with E-state index in [9.17, 15) is 14.4 Å². The van der Waals surface area contributed by atoms with Crippen molar-refractivity contribution >= 4 is 29.1 Å². The summed E-state index contributed by atoms with van der Waals surface area (Å²) in [6, 6.07) is 12.2. The van der Waals surface area contributed by atoms with Gasteiger partial charge in [-0.2, -0.15) is 0 Å². The molecule has 0 radical (unpaired) electrons. The molecule has 0 saturated carbocycles. The lowest BCUT2D eigenvalue weighted by molar-refractivity contribution is -0.128. The standard InChI is InChI=1S/C27H34N4O5/c1-3-7-18(2)28-26(33)19-8-6-13-31(15-19)16-25(32)30-22-10-5-4-9-21(22)27(34)29-20-11-12-23-24(14-20)36-17-35-23/h4-5,9-12,14,18-19H,3,6-8,13,15-17H2,1-2H3,(H,28,33)(H,29,34)(H,30,32). The number of likely N-dealkylation sites (tertiary alicyclic amines) is 1. The summed E-state index contributed by atoms with van der Waals surface area (Å²) in [5.41, 5.74) is 1.35. The minimum absolute atomic E-state index is 0.0617. The molecule has 9 nitrogen and oxygen atoms in total. The van der Waals surface area contributed by atoms with Gasteiger partial charge in [0.1, 0.15) is 0 Å². The summed E-state index contributed by atoms with van der Waals surface area (Å²) < 4.78 is 10.7. The number of carbonyl (C=O) groups excluding carboxylic acids is 3. The summed E-state index contributed by atoms with van der Waals surface area (Å²) in [7, 11) is 0. The molecule has 0 spiro atoms. The molecule has 1 fully saturated rings. The highest BCUT2D eigenvalue weighted by molar-refractivity contribution is 6.10. The predicted molar refractivity (Wildman–Crippen MR) is 137 cm³/mol. The summed E-state index contributed by atoms with van der Waals surface area (Å²) in [6.45, 7) is 5.74. The number of anilines is 2. The zero-order chi connectivity index (χ0) is 25.5. The first kappa shape index (κ1) is 25.5. The summed E-state index contributed by atoms with van der Waals surface area (Å²) in [6.07, 6.45) is 3.66. The van der Waals surface area contributed by atoms with Crippen molar-refractivity contribution in [1.82, 2.24) is 10.2 Å². The second-order valence-electron chi connectivity index (χ2n) is 9.39. The third-order valence-corrected chi connectivity index (χ3v) is 6.43. The highest BCUT2D eigenvalue weighted by Crippen LogP contribution is 2.34. The first-order chi connectivity index (χ1) is 17.4. The van der Waals surface area contributed by atoms with Crippen molar-refractivity contribution in [3.63, 3.8) is 0 Å². The van der Waals surface area contributed by atoms with Crippen molar-refractivity contribution in [3.8, 4) is 11.5 Å². The third-order valence-electron chi connectivity index (χ3n) is 6.43. The molecule has 0 bridgehead atoms. The summed E-state index contributed by atoms with van der Waals surface area (Å²) in [5.74, 6) is 0.577. The molecule has 2 aromatic rings. The molecule has 192 valence electrons. The Morgan fingerprint density at radius 1 is 1.08 bits per heavy atom. The minimum Gasteiger partial charge on any atom is -0.454 e. The Labute approximate surface area is 211 Å². The topological polar surface area (TPSA) is 109 Å². The average Bonchev–Trinajstić information content (AvgIpc) is 3.32. The van der Waals surface area contributed by atoms with Gasteiger partial charge in [-0.1, -0.05) is 25.5 Å². The van der Waals surface area contributed by atoms with Crippen LogP contribution in [-0.2, 0) is 9.59 Å². The van der Waals surface area contributed by atoms with Gasteiger partial charge in [-0.05, 0) is 57.0 Å². The fraction of sp³-hybridized carbons (Fsp3) is 0.444. The zero-order valence-corrected chi connectivity index (χ0v) is 20.8. The lowest BCUT2D eigenvalue weighted by Crippen LogP contribution is -2.47. The highest BCUT2D eigenvalue weighted by atomic mass is 16.7. The second-order valence-corrected chi connectivity index (χ2v) is 9.39. The molecule has 2 aromatic carbocycles. The first-order valence-corrected chi connectivity index (χ1v) is 12.6. The van der Waals surface area contributed by atoms with E-state index in [2.05, 4.69) is 22.9 Å². The lowest BCUT2D eigenvalue weighted by Gasteiger charge is -2.32. The Bertz CT molecular complexity index is 1110. The van der Waals surface area contributed by atoms with Gasteiger partial charge in [-0.3, -0.25) is 19.3 Å². The Morgan fingerprint density at radius 2 is 1.89 bits per heavy atom. The smallest absolute Gasteiger partial charge is 0.257 e. The molecule has 36 heavy (non-hydrogen) atoms. The van der Waals surface area contributed by atoms with E-state index in [1.807, 2.05) is 11.8 Å². The molecular weight excluding hydrogens is 460 g/mol. The maximum atomic E-state index is 13.0. The number of fused-ring (bicyclic) bond motifs is 1. The van der Waals surface area contributed by atoms with Crippen molar-refractivity contribution in [3.05, 3.63) is 48.0 Å². The molecule has 2 atom stereocenters. The van der Waals surface area contributed by atoms with Crippen LogP contribution in [0.15, 0.2) is 42.5 Å². The maximum absolute atomic E-state index is 13.0. The Balaban J connectivity index is 1.33. The highest BCUT2D eigenvalue weighted by Gasteiger charge is 2.27. The van der Waals surface area contributed by atoms with Crippen LogP contribution in [0.3, 0.4) is 0 Å². The summed E-state index contributed by atoms with van der Waals surface area (Å²) in [5, 5.41) is 8.81. The summed E-state index contributed by atoms with van der Waals surface area (Å²) >= 11 is 0. The molecule has 0 aromatic heterocycles. The summed E-state index contributed by atoms with van der Waals surface area (Å²) in [4.78, 5) is 40.5. The van der Waals surface area contributed by atoms with Gasteiger partial charge in [-0.25, -0.2) is 0 Å². The Morgan fingerprint density at radius 3 is 2.72 bits per heavy atom. The number of para-hydroxylation sites is 1. The first-order valence-electron chi connectivity index (χ1n) is 12.6. The third kappa shape index (κ3) is 6.54. The van der Waals surface area contributed by atoms with Crippen molar-refractivity contribution in [2.24, 2.45) is 5.92 Å². The van der Waals surface area contributed by atoms with Gasteiger partial charge in [0.05, 0.1) is 23.7 Å². The molecule has 4 rings (SSSR count). The molecule has 3 N–H and O–H groups in total. The number of carbonyl (C=O) groups is 3. The normalized spacial score (nSPS) is 17.8. The van der Waals surface area contributed by atoms with Gasteiger partial charge in [-0.15, -0.1) is 0 Å². The van der Waals surface area contributed by atoms with Crippen LogP contribution in [0.5, 0.6) is 11.5 Å². The molecule has 0 aliphatic carbocycles. The molecule has 2 aliphatic rings. The van der Waals surface area contributed by atoms with Crippen LogP contribution in [0.4, 0.5) is 11.4 Å². The molecule has 2 aliphatic heterocycles. The quantitative estimate of drug-likeness (QED) is 0.491. The fourth-order valence-corrected chi connectivity index (χ4v) is 4.63. The maximum Gasteiger partial charge on any atom is 0.257 e. The number of rotatable bonds is 9. The molecule has 1 saturated heterocycles. The van der Waals surface area contributed by atoms with Crippen LogP contribution in [0.2, 0.25) is 0 Å². The Kier molecular flexibility index (Phi) is 8.43. The van der Waals surface area contributed by atoms with E-state index >= 15 is 0 Å².